The van der Waals surface area contributed by atoms with Gasteiger partial charge in [0.25, 0.3) is 0 Å². The van der Waals surface area contributed by atoms with Gasteiger partial charge in [-0.3, -0.25) is 0 Å². The Morgan fingerprint density at radius 1 is 0.611 bits per heavy atom. The van der Waals surface area contributed by atoms with Crippen LogP contribution in [0.1, 0.15) is 0 Å². The second kappa shape index (κ2) is 4.00. The van der Waals surface area contributed by atoms with Crippen LogP contribution in [-0.2, 0) is 0 Å². The molecule has 4 heteroatoms. The molecule has 88 valence electrons. The van der Waals surface area contributed by atoms with Crippen LogP contribution in [0.25, 0.3) is 0 Å². The monoisotopic (exact) mass is 272 g/mol. The van der Waals surface area contributed by atoms with Crippen LogP contribution in [0.2, 0.25) is 0 Å². The summed E-state index contributed by atoms with van der Waals surface area (Å²) >= 11 is 3.23. The van der Waals surface area contributed by atoms with Crippen molar-refractivity contribution in [3.8, 4) is 11.5 Å². The van der Waals surface area contributed by atoms with Crippen LogP contribution in [0.3, 0.4) is 0 Å². The molecule has 0 spiro atoms. The van der Waals surface area contributed by atoms with E-state index in [1.807, 2.05) is 36.4 Å². The lowest BCUT2D eigenvalue weighted by molar-refractivity contribution is 0.405. The Morgan fingerprint density at radius 3 is 1.50 bits per heavy atom. The molecule has 0 radical (unpaired) electrons. The fourth-order valence-electron chi connectivity index (χ4n) is 1.85. The zero-order valence-electron chi connectivity index (χ0n) is 9.25. The Hall–Kier alpha value is -1.52. The third-order valence-electron chi connectivity index (χ3n) is 2.68. The first-order chi connectivity index (χ1) is 8.90. The summed E-state index contributed by atoms with van der Waals surface area (Å²) in [6.45, 7) is 0. The highest BCUT2D eigenvalue weighted by Crippen LogP contribution is 2.51. The van der Waals surface area contributed by atoms with Crippen molar-refractivity contribution >= 4 is 23.5 Å². The minimum absolute atomic E-state index is 0.831. The van der Waals surface area contributed by atoms with E-state index in [-0.39, 0.29) is 0 Å². The molecule has 0 bridgehead atoms. The van der Waals surface area contributed by atoms with Gasteiger partial charge in [-0.25, -0.2) is 0 Å². The van der Waals surface area contributed by atoms with Crippen LogP contribution in [-0.4, -0.2) is 0 Å². The highest BCUT2D eigenvalue weighted by Gasteiger charge is 2.28. The number of ether oxygens (including phenoxy) is 2. The van der Waals surface area contributed by atoms with Crippen molar-refractivity contribution in [1.82, 2.24) is 0 Å². The molecular weight excluding hydrogens is 264 g/mol. The molecule has 2 heterocycles. The van der Waals surface area contributed by atoms with Gasteiger partial charge in [-0.1, -0.05) is 24.3 Å². The Bertz CT molecular complexity index is 553. The maximum absolute atomic E-state index is 5.82. The molecular formula is C14H8O2S2. The van der Waals surface area contributed by atoms with Crippen molar-refractivity contribution in [2.75, 3.05) is 0 Å². The van der Waals surface area contributed by atoms with Crippen molar-refractivity contribution in [3.05, 3.63) is 58.7 Å². The second-order valence-corrected chi connectivity index (χ2v) is 5.91. The predicted octanol–water partition coefficient (Wildman–Crippen LogP) is 4.48. The lowest BCUT2D eigenvalue weighted by Gasteiger charge is -2.01. The first kappa shape index (κ1) is 10.4. The van der Waals surface area contributed by atoms with Crippen molar-refractivity contribution in [1.29, 1.82) is 0 Å². The molecule has 2 aromatic rings. The molecule has 2 aliphatic heterocycles. The van der Waals surface area contributed by atoms with Crippen LogP contribution in [0, 0.1) is 0 Å². The lowest BCUT2D eigenvalue weighted by atomic mass is 10.3. The fourth-order valence-corrected chi connectivity index (χ4v) is 3.72. The summed E-state index contributed by atoms with van der Waals surface area (Å²) in [5.41, 5.74) is 0. The zero-order chi connectivity index (χ0) is 11.9. The van der Waals surface area contributed by atoms with E-state index < -0.39 is 0 Å². The zero-order valence-corrected chi connectivity index (χ0v) is 10.9. The van der Waals surface area contributed by atoms with Crippen LogP contribution in [0.15, 0.2) is 68.5 Å². The average molecular weight is 272 g/mol. The number of hydrogen-bond donors (Lipinski definition) is 0. The van der Waals surface area contributed by atoms with E-state index in [9.17, 15) is 0 Å². The molecule has 18 heavy (non-hydrogen) atoms. The first-order valence-corrected chi connectivity index (χ1v) is 7.17. The van der Waals surface area contributed by atoms with Gasteiger partial charge < -0.3 is 9.47 Å². The lowest BCUT2D eigenvalue weighted by Crippen LogP contribution is -1.92. The second-order valence-electron chi connectivity index (χ2n) is 3.88. The molecule has 0 amide bonds. The molecule has 0 saturated heterocycles. The van der Waals surface area contributed by atoms with E-state index in [1.165, 1.54) is 0 Å². The Kier molecular flexibility index (Phi) is 2.31. The number of benzene rings is 2. The van der Waals surface area contributed by atoms with E-state index in [0.717, 1.165) is 31.5 Å². The van der Waals surface area contributed by atoms with Crippen molar-refractivity contribution < 1.29 is 9.47 Å². The van der Waals surface area contributed by atoms with Crippen LogP contribution < -0.4 is 9.47 Å². The summed E-state index contributed by atoms with van der Waals surface area (Å²) < 4.78 is 11.6. The SMILES string of the molecule is c1ccc2c(c1)O/C(=C1\Oc3ccccc3S1)S2. The van der Waals surface area contributed by atoms with Crippen molar-refractivity contribution in [2.24, 2.45) is 0 Å². The van der Waals surface area contributed by atoms with Gasteiger partial charge >= 0.3 is 0 Å². The molecule has 0 N–H and O–H groups in total. The van der Waals surface area contributed by atoms with Gasteiger partial charge in [-0.2, -0.15) is 0 Å². The van der Waals surface area contributed by atoms with Crippen molar-refractivity contribution in [2.45, 2.75) is 9.79 Å². The molecule has 2 nitrogen and oxygen atoms in total. The van der Waals surface area contributed by atoms with Gasteiger partial charge in [0.05, 0.1) is 9.79 Å². The molecule has 0 aromatic heterocycles. The molecule has 2 aliphatic rings. The van der Waals surface area contributed by atoms with E-state index in [0.29, 0.717) is 0 Å². The van der Waals surface area contributed by atoms with Gasteiger partial charge in [0.2, 0.25) is 10.2 Å². The highest BCUT2D eigenvalue weighted by atomic mass is 32.2. The van der Waals surface area contributed by atoms with Gasteiger partial charge in [0.1, 0.15) is 11.5 Å². The third kappa shape index (κ3) is 1.61. The maximum Gasteiger partial charge on any atom is 0.215 e. The molecule has 0 unspecified atom stereocenters. The molecule has 0 saturated carbocycles. The third-order valence-corrected chi connectivity index (χ3v) is 4.83. The number of para-hydroxylation sites is 2. The van der Waals surface area contributed by atoms with Gasteiger partial charge in [-0.15, -0.1) is 0 Å². The topological polar surface area (TPSA) is 18.5 Å². The maximum atomic E-state index is 5.82. The summed E-state index contributed by atoms with van der Waals surface area (Å²) in [6, 6.07) is 16.0. The van der Waals surface area contributed by atoms with Gasteiger partial charge in [0, 0.05) is 0 Å². The van der Waals surface area contributed by atoms with Crippen LogP contribution in [0.4, 0.5) is 0 Å². The van der Waals surface area contributed by atoms with Crippen LogP contribution >= 0.6 is 23.5 Å². The first-order valence-electron chi connectivity index (χ1n) is 5.54. The summed E-state index contributed by atoms with van der Waals surface area (Å²) in [4.78, 5) is 2.28. The summed E-state index contributed by atoms with van der Waals surface area (Å²) in [5.74, 6) is 1.82. The standard InChI is InChI=1S/C14H8O2S2/c1-3-7-11-9(5-1)15-13(17-11)14-16-10-6-2-4-8-12(10)18-14/h1-8H/b14-13-. The van der Waals surface area contributed by atoms with E-state index in [4.69, 9.17) is 9.47 Å². The van der Waals surface area contributed by atoms with E-state index in [2.05, 4.69) is 12.1 Å². The smallest absolute Gasteiger partial charge is 0.215 e. The largest absolute Gasteiger partial charge is 0.444 e. The Morgan fingerprint density at radius 2 is 1.06 bits per heavy atom. The molecule has 0 atom stereocenters. The normalized spacial score (nSPS) is 20.0. The molecule has 4 rings (SSSR count). The molecule has 2 aromatic carbocycles. The highest BCUT2D eigenvalue weighted by molar-refractivity contribution is 8.07. The van der Waals surface area contributed by atoms with Crippen molar-refractivity contribution in [3.63, 3.8) is 0 Å². The Labute approximate surface area is 113 Å². The molecule has 0 aliphatic carbocycles. The summed E-state index contributed by atoms with van der Waals surface area (Å²) in [6.07, 6.45) is 0. The summed E-state index contributed by atoms with van der Waals surface area (Å²) in [7, 11) is 0. The Balaban J connectivity index is 1.70. The van der Waals surface area contributed by atoms with E-state index >= 15 is 0 Å². The number of fused-ring (bicyclic) bond motifs is 2. The number of hydrogen-bond acceptors (Lipinski definition) is 4. The number of rotatable bonds is 0. The average Bonchev–Trinajstić information content (AvgIpc) is 3.02. The van der Waals surface area contributed by atoms with Gasteiger partial charge in [0.15, 0.2) is 0 Å². The minimum atomic E-state index is 0.831. The van der Waals surface area contributed by atoms with Gasteiger partial charge in [-0.05, 0) is 47.8 Å². The summed E-state index contributed by atoms with van der Waals surface area (Å²) in [5, 5.41) is 1.66. The minimum Gasteiger partial charge on any atom is -0.444 e. The van der Waals surface area contributed by atoms with Crippen LogP contribution in [0.5, 0.6) is 11.5 Å². The van der Waals surface area contributed by atoms with E-state index in [1.54, 1.807) is 23.5 Å². The predicted molar refractivity (Wildman–Crippen MR) is 72.9 cm³/mol. The molecule has 0 fully saturated rings. The quantitative estimate of drug-likeness (QED) is 0.703. The number of thioether (sulfide) groups is 2. The fraction of sp³-hybridized carbons (Fsp3) is 0.